The molecule has 1 rings (SSSR count). The van der Waals surface area contributed by atoms with Gasteiger partial charge in [0, 0.05) is 16.5 Å². The van der Waals surface area contributed by atoms with Crippen LogP contribution in [-0.4, -0.2) is 22.1 Å². The van der Waals surface area contributed by atoms with Crippen molar-refractivity contribution in [1.82, 2.24) is 4.98 Å². The van der Waals surface area contributed by atoms with Gasteiger partial charge in [0.25, 0.3) is 0 Å². The van der Waals surface area contributed by atoms with Crippen LogP contribution in [0.25, 0.3) is 0 Å². The molecule has 0 radical (unpaired) electrons. The first kappa shape index (κ1) is 11.4. The monoisotopic (exact) mass is 234 g/mol. The van der Waals surface area contributed by atoms with E-state index in [0.29, 0.717) is 4.47 Å². The predicted octanol–water partition coefficient (Wildman–Crippen LogP) is 1.49. The Bertz CT molecular complexity index is 351. The maximum atomic E-state index is 10.8. The second-order valence-electron chi connectivity index (χ2n) is 3.52. The smallest absolute Gasteiger partial charge is 0.321 e. The van der Waals surface area contributed by atoms with Crippen LogP contribution in [0.1, 0.15) is 18.7 Å². The van der Waals surface area contributed by atoms with Crippen LogP contribution >= 0.6 is 22.9 Å². The summed E-state index contributed by atoms with van der Waals surface area (Å²) in [5.41, 5.74) is 4.92. The summed E-state index contributed by atoms with van der Waals surface area (Å²) in [5, 5.41) is 8.81. The minimum Gasteiger partial charge on any atom is -0.480 e. The van der Waals surface area contributed by atoms with E-state index in [4.69, 9.17) is 22.4 Å². The van der Waals surface area contributed by atoms with E-state index in [1.165, 1.54) is 11.3 Å². The summed E-state index contributed by atoms with van der Waals surface area (Å²) in [4.78, 5) is 15.4. The molecule has 14 heavy (non-hydrogen) atoms. The highest BCUT2D eigenvalue weighted by Crippen LogP contribution is 2.32. The molecule has 0 fully saturated rings. The number of aliphatic carboxylic acids is 1. The van der Waals surface area contributed by atoms with Crippen molar-refractivity contribution in [3.05, 3.63) is 15.5 Å². The Kier molecular flexibility index (Phi) is 3.14. The van der Waals surface area contributed by atoms with Gasteiger partial charge in [-0.25, -0.2) is 4.98 Å². The van der Waals surface area contributed by atoms with E-state index in [2.05, 4.69) is 4.98 Å². The Morgan fingerprint density at radius 2 is 2.36 bits per heavy atom. The topological polar surface area (TPSA) is 76.2 Å². The fourth-order valence-corrected chi connectivity index (χ4v) is 2.09. The van der Waals surface area contributed by atoms with E-state index in [9.17, 15) is 4.79 Å². The fraction of sp³-hybridized carbons (Fsp3) is 0.500. The molecule has 0 aliphatic rings. The van der Waals surface area contributed by atoms with Gasteiger partial charge >= 0.3 is 5.97 Å². The van der Waals surface area contributed by atoms with Gasteiger partial charge in [0.1, 0.15) is 6.04 Å². The largest absolute Gasteiger partial charge is 0.480 e. The predicted molar refractivity (Wildman–Crippen MR) is 55.8 cm³/mol. The highest BCUT2D eigenvalue weighted by molar-refractivity contribution is 7.15. The van der Waals surface area contributed by atoms with Crippen molar-refractivity contribution in [2.45, 2.75) is 25.3 Å². The van der Waals surface area contributed by atoms with Crippen LogP contribution in [0, 0.1) is 0 Å². The number of hydrogen-bond acceptors (Lipinski definition) is 4. The SMILES string of the molecule is CC(C)(c1cnc(Cl)s1)C(N)C(=O)O. The van der Waals surface area contributed by atoms with Crippen molar-refractivity contribution in [3.63, 3.8) is 0 Å². The quantitative estimate of drug-likeness (QED) is 0.831. The number of halogens is 1. The van der Waals surface area contributed by atoms with Gasteiger partial charge in [-0.3, -0.25) is 4.79 Å². The molecule has 0 saturated heterocycles. The zero-order valence-electron chi connectivity index (χ0n) is 7.82. The van der Waals surface area contributed by atoms with Gasteiger partial charge in [-0.2, -0.15) is 0 Å². The molecule has 4 nitrogen and oxygen atoms in total. The van der Waals surface area contributed by atoms with Gasteiger partial charge in [0.05, 0.1) is 0 Å². The number of carbonyl (C=O) groups is 1. The van der Waals surface area contributed by atoms with Crippen molar-refractivity contribution in [1.29, 1.82) is 0 Å². The van der Waals surface area contributed by atoms with Gasteiger partial charge in [0.15, 0.2) is 4.47 Å². The summed E-state index contributed by atoms with van der Waals surface area (Å²) in [6.45, 7) is 3.52. The van der Waals surface area contributed by atoms with E-state index in [-0.39, 0.29) is 0 Å². The van der Waals surface area contributed by atoms with Crippen molar-refractivity contribution in [2.24, 2.45) is 5.73 Å². The van der Waals surface area contributed by atoms with Gasteiger partial charge in [0.2, 0.25) is 0 Å². The zero-order valence-corrected chi connectivity index (χ0v) is 9.39. The van der Waals surface area contributed by atoms with Crippen LogP contribution in [0.15, 0.2) is 6.20 Å². The molecule has 1 aromatic heterocycles. The second-order valence-corrected chi connectivity index (χ2v) is 5.13. The molecular weight excluding hydrogens is 224 g/mol. The summed E-state index contributed by atoms with van der Waals surface area (Å²) in [6.07, 6.45) is 1.57. The summed E-state index contributed by atoms with van der Waals surface area (Å²) in [7, 11) is 0. The third-order valence-corrected chi connectivity index (χ3v) is 3.61. The molecule has 3 N–H and O–H groups in total. The molecule has 1 aromatic rings. The number of nitrogens with zero attached hydrogens (tertiary/aromatic N) is 1. The molecule has 1 heterocycles. The molecule has 0 aliphatic heterocycles. The van der Waals surface area contributed by atoms with E-state index < -0.39 is 17.4 Å². The lowest BCUT2D eigenvalue weighted by atomic mass is 9.84. The second kappa shape index (κ2) is 3.84. The van der Waals surface area contributed by atoms with Gasteiger partial charge in [-0.05, 0) is 0 Å². The lowest BCUT2D eigenvalue weighted by Crippen LogP contribution is -2.46. The number of nitrogens with two attached hydrogens (primary N) is 1. The fourth-order valence-electron chi connectivity index (χ4n) is 1.01. The normalized spacial score (nSPS) is 14.0. The molecule has 6 heteroatoms. The van der Waals surface area contributed by atoms with E-state index >= 15 is 0 Å². The van der Waals surface area contributed by atoms with Gasteiger partial charge in [-0.15, -0.1) is 11.3 Å². The molecule has 0 aliphatic carbocycles. The standard InChI is InChI=1S/C8H11ClN2O2S/c1-8(2,5(10)6(12)13)4-3-11-7(9)14-4/h3,5H,10H2,1-2H3,(H,12,13). The van der Waals surface area contributed by atoms with Crippen LogP contribution in [0.4, 0.5) is 0 Å². The number of carboxylic acids is 1. The van der Waals surface area contributed by atoms with Crippen molar-refractivity contribution < 1.29 is 9.90 Å². The summed E-state index contributed by atoms with van der Waals surface area (Å²) in [6, 6.07) is -0.959. The number of carboxylic acid groups (broad SMARTS) is 1. The van der Waals surface area contributed by atoms with Crippen LogP contribution in [-0.2, 0) is 10.2 Å². The van der Waals surface area contributed by atoms with Crippen LogP contribution < -0.4 is 5.73 Å². The van der Waals surface area contributed by atoms with Gasteiger partial charge in [-0.1, -0.05) is 25.4 Å². The highest BCUT2D eigenvalue weighted by Gasteiger charge is 2.35. The first-order valence-electron chi connectivity index (χ1n) is 3.96. The molecule has 0 amide bonds. The first-order chi connectivity index (χ1) is 6.35. The summed E-state index contributed by atoms with van der Waals surface area (Å²) in [5.74, 6) is -1.03. The van der Waals surface area contributed by atoms with Crippen molar-refractivity contribution >= 4 is 28.9 Å². The number of rotatable bonds is 3. The Morgan fingerprint density at radius 1 is 1.79 bits per heavy atom. The Balaban J connectivity index is 3.01. The number of thiazole rings is 1. The van der Waals surface area contributed by atoms with Crippen LogP contribution in [0.5, 0.6) is 0 Å². The highest BCUT2D eigenvalue weighted by atomic mass is 35.5. The molecule has 1 unspecified atom stereocenters. The van der Waals surface area contributed by atoms with Crippen LogP contribution in [0.2, 0.25) is 4.47 Å². The summed E-state index contributed by atoms with van der Waals surface area (Å²) < 4.78 is 0.394. The maximum absolute atomic E-state index is 10.8. The molecule has 0 aromatic carbocycles. The molecular formula is C8H11ClN2O2S. The molecule has 0 saturated carbocycles. The first-order valence-corrected chi connectivity index (χ1v) is 5.15. The van der Waals surface area contributed by atoms with Crippen LogP contribution in [0.3, 0.4) is 0 Å². The van der Waals surface area contributed by atoms with Gasteiger partial charge < -0.3 is 10.8 Å². The van der Waals surface area contributed by atoms with E-state index in [1.807, 2.05) is 0 Å². The Morgan fingerprint density at radius 3 is 2.71 bits per heavy atom. The lowest BCUT2D eigenvalue weighted by molar-refractivity contribution is -0.140. The number of aromatic nitrogens is 1. The molecule has 78 valence electrons. The van der Waals surface area contributed by atoms with E-state index in [1.54, 1.807) is 20.0 Å². The zero-order chi connectivity index (χ0) is 10.9. The summed E-state index contributed by atoms with van der Waals surface area (Å²) >= 11 is 6.92. The average Bonchev–Trinajstić information content (AvgIpc) is 2.50. The van der Waals surface area contributed by atoms with Crippen molar-refractivity contribution in [3.8, 4) is 0 Å². The molecule has 1 atom stereocenters. The minimum atomic E-state index is -1.03. The molecule has 0 spiro atoms. The Hall–Kier alpha value is -0.650. The third kappa shape index (κ3) is 2.05. The van der Waals surface area contributed by atoms with Crippen molar-refractivity contribution in [2.75, 3.05) is 0 Å². The Labute approximate surface area is 90.7 Å². The maximum Gasteiger partial charge on any atom is 0.321 e. The molecule has 0 bridgehead atoms. The minimum absolute atomic E-state index is 0.394. The third-order valence-electron chi connectivity index (χ3n) is 2.16. The lowest BCUT2D eigenvalue weighted by Gasteiger charge is -2.26. The average molecular weight is 235 g/mol. The van der Waals surface area contributed by atoms with E-state index in [0.717, 1.165) is 4.88 Å². The number of hydrogen-bond donors (Lipinski definition) is 2.